The minimum atomic E-state index is -2.89. The minimum Gasteiger partial charge on any atom is -0.365 e. The minimum absolute atomic E-state index is 0.0272. The topological polar surface area (TPSA) is 164 Å². The van der Waals surface area contributed by atoms with Gasteiger partial charge in [-0.2, -0.15) is 5.10 Å². The summed E-state index contributed by atoms with van der Waals surface area (Å²) < 4.78 is 29.7. The van der Waals surface area contributed by atoms with E-state index in [1.807, 2.05) is 0 Å². The van der Waals surface area contributed by atoms with Gasteiger partial charge in [0, 0.05) is 23.7 Å². The average Bonchev–Trinajstić information content (AvgIpc) is 3.43. The van der Waals surface area contributed by atoms with E-state index in [4.69, 9.17) is 5.73 Å². The van der Waals surface area contributed by atoms with Crippen LogP contribution in [0.25, 0.3) is 21.3 Å². The third-order valence-corrected chi connectivity index (χ3v) is 6.38. The van der Waals surface area contributed by atoms with Gasteiger partial charge in [0.05, 0.1) is 23.6 Å². The van der Waals surface area contributed by atoms with Crippen LogP contribution in [0.2, 0.25) is 0 Å². The fraction of sp³-hybridized carbons (Fsp3) is 0.250. The highest BCUT2D eigenvalue weighted by atomic mass is 32.1. The number of pyridine rings is 1. The standard InChI is InChI=1S/C20H18F2N8O4S/c1-8-4-14(30(33)34)29(27-8)7-13(31)26-16-15-10(11-6-24-28(3)9(11)2)5-12(18(21)22)25-20(15)35-17(16)19(23)32/h4-6,18H,7H2,1-3H3,(H2,23,32)(H,26,31). The van der Waals surface area contributed by atoms with Crippen molar-refractivity contribution in [2.75, 3.05) is 5.32 Å². The number of nitrogens with zero attached hydrogens (tertiary/aromatic N) is 6. The molecule has 0 saturated heterocycles. The van der Waals surface area contributed by atoms with E-state index in [1.165, 1.54) is 25.3 Å². The number of hydrogen-bond donors (Lipinski definition) is 2. The van der Waals surface area contributed by atoms with E-state index in [0.717, 1.165) is 16.0 Å². The van der Waals surface area contributed by atoms with Gasteiger partial charge in [0.25, 0.3) is 18.2 Å². The molecule has 0 radical (unpaired) electrons. The molecule has 4 heterocycles. The van der Waals surface area contributed by atoms with E-state index < -0.39 is 41.2 Å². The number of nitro groups is 1. The van der Waals surface area contributed by atoms with E-state index >= 15 is 0 Å². The molecule has 2 amide bonds. The van der Waals surface area contributed by atoms with E-state index in [1.54, 1.807) is 18.7 Å². The summed E-state index contributed by atoms with van der Waals surface area (Å²) in [7, 11) is 1.68. The van der Waals surface area contributed by atoms with Crippen molar-refractivity contribution in [3.8, 4) is 11.1 Å². The molecule has 0 aromatic carbocycles. The van der Waals surface area contributed by atoms with Gasteiger partial charge in [0.1, 0.15) is 15.4 Å². The number of carbonyl (C=O) groups excluding carboxylic acids is 2. The molecule has 4 rings (SSSR count). The van der Waals surface area contributed by atoms with Crippen LogP contribution in [0.3, 0.4) is 0 Å². The van der Waals surface area contributed by atoms with Crippen molar-refractivity contribution in [1.29, 1.82) is 0 Å². The maximum absolute atomic E-state index is 13.6. The molecule has 0 unspecified atom stereocenters. The van der Waals surface area contributed by atoms with Crippen LogP contribution < -0.4 is 11.1 Å². The first-order valence-corrected chi connectivity index (χ1v) is 10.8. The first kappa shape index (κ1) is 23.9. The van der Waals surface area contributed by atoms with E-state index in [2.05, 4.69) is 20.5 Å². The second kappa shape index (κ2) is 8.83. The molecule has 0 aliphatic heterocycles. The Kier molecular flexibility index (Phi) is 6.02. The Bertz CT molecular complexity index is 1510. The number of primary amides is 1. The molecule has 0 aliphatic carbocycles. The van der Waals surface area contributed by atoms with Crippen LogP contribution in [-0.4, -0.2) is 41.3 Å². The van der Waals surface area contributed by atoms with Gasteiger partial charge in [0.2, 0.25) is 0 Å². The van der Waals surface area contributed by atoms with Gasteiger partial charge in [-0.15, -0.1) is 16.0 Å². The molecule has 35 heavy (non-hydrogen) atoms. The molecular weight excluding hydrogens is 486 g/mol. The predicted molar refractivity (Wildman–Crippen MR) is 122 cm³/mol. The molecule has 0 spiro atoms. The fourth-order valence-corrected chi connectivity index (χ4v) is 4.62. The van der Waals surface area contributed by atoms with Crippen molar-refractivity contribution >= 4 is 44.9 Å². The molecule has 0 atom stereocenters. The zero-order valence-corrected chi connectivity index (χ0v) is 19.4. The summed E-state index contributed by atoms with van der Waals surface area (Å²) in [4.78, 5) is 39.6. The number of anilines is 1. The van der Waals surface area contributed by atoms with Crippen molar-refractivity contribution in [2.45, 2.75) is 26.8 Å². The lowest BCUT2D eigenvalue weighted by atomic mass is 10.0. The number of carbonyl (C=O) groups is 2. The lowest BCUT2D eigenvalue weighted by Gasteiger charge is -2.10. The monoisotopic (exact) mass is 504 g/mol. The summed E-state index contributed by atoms with van der Waals surface area (Å²) in [6, 6.07) is 2.38. The Morgan fingerprint density at radius 3 is 2.57 bits per heavy atom. The summed E-state index contributed by atoms with van der Waals surface area (Å²) in [6.45, 7) is 2.73. The summed E-state index contributed by atoms with van der Waals surface area (Å²) in [5, 5.41) is 22.1. The van der Waals surface area contributed by atoms with Crippen molar-refractivity contribution in [3.63, 3.8) is 0 Å². The number of nitrogens with one attached hydrogen (secondary N) is 1. The van der Waals surface area contributed by atoms with Crippen LogP contribution in [0.4, 0.5) is 20.3 Å². The van der Waals surface area contributed by atoms with Crippen molar-refractivity contribution in [2.24, 2.45) is 12.8 Å². The Morgan fingerprint density at radius 2 is 2.00 bits per heavy atom. The number of rotatable bonds is 7. The maximum Gasteiger partial charge on any atom is 0.345 e. The lowest BCUT2D eigenvalue weighted by molar-refractivity contribution is -0.392. The smallest absolute Gasteiger partial charge is 0.345 e. The van der Waals surface area contributed by atoms with Gasteiger partial charge in [-0.1, -0.05) is 5.10 Å². The summed E-state index contributed by atoms with van der Waals surface area (Å²) in [6.07, 6.45) is -1.42. The molecular formula is C20H18F2N8O4S. The van der Waals surface area contributed by atoms with Crippen LogP contribution in [0.5, 0.6) is 0 Å². The van der Waals surface area contributed by atoms with Gasteiger partial charge < -0.3 is 21.2 Å². The maximum atomic E-state index is 13.6. The molecule has 0 saturated carbocycles. The fourth-order valence-electron chi connectivity index (χ4n) is 3.61. The number of hydrogen-bond acceptors (Lipinski definition) is 8. The second-order valence-corrected chi connectivity index (χ2v) is 8.62. The van der Waals surface area contributed by atoms with Crippen LogP contribution in [0.15, 0.2) is 18.3 Å². The molecule has 3 N–H and O–H groups in total. The quantitative estimate of drug-likeness (QED) is 0.288. The zero-order valence-electron chi connectivity index (χ0n) is 18.6. The van der Waals surface area contributed by atoms with Gasteiger partial charge in [0.15, 0.2) is 6.54 Å². The van der Waals surface area contributed by atoms with E-state index in [9.17, 15) is 28.5 Å². The van der Waals surface area contributed by atoms with Crippen molar-refractivity contribution in [1.82, 2.24) is 24.5 Å². The number of thiophene rings is 1. The Morgan fingerprint density at radius 1 is 1.29 bits per heavy atom. The zero-order chi connectivity index (χ0) is 25.6. The van der Waals surface area contributed by atoms with Gasteiger partial charge in [-0.25, -0.2) is 13.8 Å². The molecule has 4 aromatic rings. The molecule has 0 aliphatic rings. The molecule has 15 heteroatoms. The van der Waals surface area contributed by atoms with E-state index in [0.29, 0.717) is 17.0 Å². The Balaban J connectivity index is 1.87. The third kappa shape index (κ3) is 4.32. The lowest BCUT2D eigenvalue weighted by Crippen LogP contribution is -2.22. The summed E-state index contributed by atoms with van der Waals surface area (Å²) in [5.74, 6) is -2.04. The number of alkyl halides is 2. The first-order chi connectivity index (χ1) is 16.5. The molecule has 182 valence electrons. The van der Waals surface area contributed by atoms with Crippen LogP contribution >= 0.6 is 11.3 Å². The number of nitrogens with two attached hydrogens (primary N) is 1. The van der Waals surface area contributed by atoms with E-state index in [-0.39, 0.29) is 26.3 Å². The average molecular weight is 504 g/mol. The molecule has 12 nitrogen and oxygen atoms in total. The number of aryl methyl sites for hydroxylation is 2. The van der Waals surface area contributed by atoms with Crippen molar-refractivity contribution in [3.05, 3.63) is 50.4 Å². The van der Waals surface area contributed by atoms with Gasteiger partial charge >= 0.3 is 5.82 Å². The number of halogens is 2. The Hall–Kier alpha value is -4.27. The molecule has 0 bridgehead atoms. The third-order valence-electron chi connectivity index (χ3n) is 5.28. The SMILES string of the molecule is Cc1cc([N+](=O)[O-])n(CC(=O)Nc2c(C(N)=O)sc3nc(C(F)F)cc(-c4cnn(C)c4C)c23)n1. The number of amides is 2. The first-order valence-electron chi connectivity index (χ1n) is 10.0. The number of aromatic nitrogens is 5. The van der Waals surface area contributed by atoms with Gasteiger partial charge in [-0.05, 0) is 30.4 Å². The Labute approximate surface area is 199 Å². The predicted octanol–water partition coefficient (Wildman–Crippen LogP) is 3.09. The summed E-state index contributed by atoms with van der Waals surface area (Å²) in [5.41, 5.74) is 6.71. The van der Waals surface area contributed by atoms with Crippen molar-refractivity contribution < 1.29 is 23.3 Å². The number of fused-ring (bicyclic) bond motifs is 1. The van der Waals surface area contributed by atoms with Gasteiger partial charge in [-0.3, -0.25) is 14.3 Å². The highest BCUT2D eigenvalue weighted by Gasteiger charge is 2.27. The second-order valence-electron chi connectivity index (χ2n) is 7.62. The summed E-state index contributed by atoms with van der Waals surface area (Å²) >= 11 is 0.754. The van der Waals surface area contributed by atoms with Crippen LogP contribution in [-0.2, 0) is 18.4 Å². The highest BCUT2D eigenvalue weighted by molar-refractivity contribution is 7.21. The molecule has 4 aromatic heterocycles. The van der Waals surface area contributed by atoms with Crippen LogP contribution in [0, 0.1) is 24.0 Å². The van der Waals surface area contributed by atoms with Crippen LogP contribution in [0.1, 0.15) is 33.2 Å². The molecule has 0 fully saturated rings. The normalized spacial score (nSPS) is 11.4. The largest absolute Gasteiger partial charge is 0.365 e. The highest BCUT2D eigenvalue weighted by Crippen LogP contribution is 2.43.